The number of halogens is 6. The number of hydrogen-bond acceptors (Lipinski definition) is 4. The molecule has 0 aromatic heterocycles. The SMILES string of the molecule is C1CSCN1.O=C(O)C(F)(F)F.O=C(O)C(F)(F)F. The van der Waals surface area contributed by atoms with E-state index in [0.717, 1.165) is 0 Å². The van der Waals surface area contributed by atoms with Crippen LogP contribution in [0.3, 0.4) is 0 Å². The lowest BCUT2D eigenvalue weighted by atomic mass is 10.7. The van der Waals surface area contributed by atoms with Gasteiger partial charge < -0.3 is 15.5 Å². The molecule has 0 spiro atoms. The molecule has 3 N–H and O–H groups in total. The van der Waals surface area contributed by atoms with Gasteiger partial charge in [-0.05, 0) is 0 Å². The van der Waals surface area contributed by atoms with E-state index in [1.165, 1.54) is 18.2 Å². The van der Waals surface area contributed by atoms with Crippen molar-refractivity contribution in [3.05, 3.63) is 0 Å². The minimum atomic E-state index is -5.08. The van der Waals surface area contributed by atoms with E-state index in [0.29, 0.717) is 0 Å². The molecule has 19 heavy (non-hydrogen) atoms. The summed E-state index contributed by atoms with van der Waals surface area (Å²) in [5, 5.41) is 17.4. The molecule has 0 aromatic rings. The minimum absolute atomic E-state index is 1.17. The van der Waals surface area contributed by atoms with Gasteiger partial charge in [-0.2, -0.15) is 26.3 Å². The van der Waals surface area contributed by atoms with E-state index in [9.17, 15) is 26.3 Å². The van der Waals surface area contributed by atoms with Crippen molar-refractivity contribution in [3.8, 4) is 0 Å². The number of alkyl halides is 6. The number of nitrogens with one attached hydrogen (secondary N) is 1. The summed E-state index contributed by atoms with van der Waals surface area (Å²) < 4.78 is 63.5. The molecule has 1 aliphatic rings. The zero-order chi connectivity index (χ0) is 15.7. The Hall–Kier alpha value is -1.17. The molecule has 0 aliphatic carbocycles. The van der Waals surface area contributed by atoms with Gasteiger partial charge in [0.2, 0.25) is 0 Å². The van der Waals surface area contributed by atoms with Gasteiger partial charge in [-0.25, -0.2) is 9.59 Å². The van der Waals surface area contributed by atoms with Gasteiger partial charge in [0.25, 0.3) is 0 Å². The number of hydrogen-bond donors (Lipinski definition) is 3. The highest BCUT2D eigenvalue weighted by Gasteiger charge is 2.38. The summed E-state index contributed by atoms with van der Waals surface area (Å²) in [5.74, 6) is -3.04. The van der Waals surface area contributed by atoms with Crippen LogP contribution < -0.4 is 5.32 Å². The number of thioether (sulfide) groups is 1. The van der Waals surface area contributed by atoms with Crippen molar-refractivity contribution in [3.63, 3.8) is 0 Å². The highest BCUT2D eigenvalue weighted by Crippen LogP contribution is 2.13. The maximum absolute atomic E-state index is 10.6. The van der Waals surface area contributed by atoms with Crippen LogP contribution in [0.2, 0.25) is 0 Å². The Labute approximate surface area is 107 Å². The van der Waals surface area contributed by atoms with Crippen molar-refractivity contribution in [2.45, 2.75) is 12.4 Å². The number of carboxylic acids is 2. The second-order valence-electron chi connectivity index (χ2n) is 2.66. The molecular formula is C7H9F6NO4S. The normalized spacial score (nSPS) is 14.6. The van der Waals surface area contributed by atoms with Crippen LogP contribution in [0.15, 0.2) is 0 Å². The first-order valence-electron chi connectivity index (χ1n) is 4.27. The van der Waals surface area contributed by atoms with Crippen molar-refractivity contribution in [1.82, 2.24) is 5.32 Å². The Morgan fingerprint density at radius 2 is 1.26 bits per heavy atom. The second-order valence-corrected chi connectivity index (χ2v) is 3.76. The van der Waals surface area contributed by atoms with Crippen LogP contribution in [-0.2, 0) is 9.59 Å². The van der Waals surface area contributed by atoms with Crippen LogP contribution in [0, 0.1) is 0 Å². The average Bonchev–Trinajstić information content (AvgIpc) is 2.72. The fraction of sp³-hybridized carbons (Fsp3) is 0.714. The van der Waals surface area contributed by atoms with Crippen molar-refractivity contribution in [2.24, 2.45) is 0 Å². The first-order chi connectivity index (χ1) is 8.39. The maximum atomic E-state index is 10.6. The number of rotatable bonds is 0. The molecule has 0 atom stereocenters. The van der Waals surface area contributed by atoms with Crippen molar-refractivity contribution < 1.29 is 46.1 Å². The summed E-state index contributed by atoms with van der Waals surface area (Å²) in [6.07, 6.45) is -10.2. The third kappa shape index (κ3) is 14.8. The minimum Gasteiger partial charge on any atom is -0.475 e. The van der Waals surface area contributed by atoms with Gasteiger partial charge in [-0.15, -0.1) is 11.8 Å². The van der Waals surface area contributed by atoms with Gasteiger partial charge in [-0.1, -0.05) is 0 Å². The van der Waals surface area contributed by atoms with Crippen LogP contribution >= 0.6 is 11.8 Å². The van der Waals surface area contributed by atoms with Crippen molar-refractivity contribution in [2.75, 3.05) is 18.2 Å². The molecule has 0 bridgehead atoms. The molecule has 12 heteroatoms. The largest absolute Gasteiger partial charge is 0.490 e. The summed E-state index contributed by atoms with van der Waals surface area (Å²) in [6, 6.07) is 0. The van der Waals surface area contributed by atoms with Gasteiger partial charge in [-0.3, -0.25) is 0 Å². The van der Waals surface area contributed by atoms with Gasteiger partial charge in [0.1, 0.15) is 0 Å². The zero-order valence-electron chi connectivity index (χ0n) is 9.01. The summed E-state index contributed by atoms with van der Waals surface area (Å²) in [7, 11) is 0. The maximum Gasteiger partial charge on any atom is 0.490 e. The molecule has 0 amide bonds. The van der Waals surface area contributed by atoms with Gasteiger partial charge in [0.05, 0.1) is 0 Å². The second kappa shape index (κ2) is 8.85. The molecule has 1 aliphatic heterocycles. The quantitative estimate of drug-likeness (QED) is 0.588. The highest BCUT2D eigenvalue weighted by molar-refractivity contribution is 7.99. The van der Waals surface area contributed by atoms with E-state index in [1.54, 1.807) is 0 Å². The first-order valence-corrected chi connectivity index (χ1v) is 5.43. The smallest absolute Gasteiger partial charge is 0.475 e. The monoisotopic (exact) mass is 317 g/mol. The fourth-order valence-electron chi connectivity index (χ4n) is 0.361. The fourth-order valence-corrected chi connectivity index (χ4v) is 1.08. The summed E-state index contributed by atoms with van der Waals surface area (Å²) >= 11 is 1.96. The number of carbonyl (C=O) groups is 2. The molecule has 114 valence electrons. The topological polar surface area (TPSA) is 86.6 Å². The molecule has 1 heterocycles. The van der Waals surface area contributed by atoms with E-state index in [1.807, 2.05) is 11.8 Å². The van der Waals surface area contributed by atoms with E-state index >= 15 is 0 Å². The molecular weight excluding hydrogens is 308 g/mol. The average molecular weight is 317 g/mol. The molecule has 1 fully saturated rings. The Bertz CT molecular complexity index is 257. The van der Waals surface area contributed by atoms with Crippen molar-refractivity contribution >= 4 is 23.7 Å². The molecule has 0 aromatic carbocycles. The number of carboxylic acid groups (broad SMARTS) is 2. The van der Waals surface area contributed by atoms with Crippen LogP contribution in [-0.4, -0.2) is 52.7 Å². The Kier molecular flexibility index (Phi) is 9.39. The predicted octanol–water partition coefficient (Wildman–Crippen LogP) is 1.55. The van der Waals surface area contributed by atoms with E-state index in [4.69, 9.17) is 19.8 Å². The van der Waals surface area contributed by atoms with Gasteiger partial charge >= 0.3 is 24.3 Å². The Balaban J connectivity index is 0. The summed E-state index contributed by atoms with van der Waals surface area (Å²) in [6.45, 7) is 1.21. The third-order valence-corrected chi connectivity index (χ3v) is 2.01. The van der Waals surface area contributed by atoms with Gasteiger partial charge in [0, 0.05) is 18.2 Å². The Morgan fingerprint density at radius 3 is 1.32 bits per heavy atom. The zero-order valence-corrected chi connectivity index (χ0v) is 9.82. The lowest BCUT2D eigenvalue weighted by molar-refractivity contribution is -0.193. The molecule has 0 unspecified atom stereocenters. The van der Waals surface area contributed by atoms with Crippen LogP contribution in [0.25, 0.3) is 0 Å². The van der Waals surface area contributed by atoms with E-state index in [-0.39, 0.29) is 0 Å². The standard InChI is InChI=1S/C3H7NS.2C2HF3O2/c1-2-5-3-4-1;2*3-2(4,5)1(6)7/h4H,1-3H2;2*(H,6,7). The van der Waals surface area contributed by atoms with E-state index < -0.39 is 24.3 Å². The van der Waals surface area contributed by atoms with Crippen LogP contribution in [0.4, 0.5) is 26.3 Å². The number of aliphatic carboxylic acids is 2. The molecule has 0 radical (unpaired) electrons. The predicted molar refractivity (Wildman–Crippen MR) is 52.7 cm³/mol. The first kappa shape index (κ1) is 20.2. The molecule has 1 rings (SSSR count). The molecule has 5 nitrogen and oxygen atoms in total. The molecule has 0 saturated carbocycles. The van der Waals surface area contributed by atoms with Gasteiger partial charge in [0.15, 0.2) is 0 Å². The van der Waals surface area contributed by atoms with E-state index in [2.05, 4.69) is 5.32 Å². The third-order valence-electron chi connectivity index (χ3n) is 1.11. The summed E-state index contributed by atoms with van der Waals surface area (Å²) in [5.41, 5.74) is 0. The Morgan fingerprint density at radius 1 is 0.947 bits per heavy atom. The summed E-state index contributed by atoms with van der Waals surface area (Å²) in [4.78, 5) is 17.8. The van der Waals surface area contributed by atoms with Crippen molar-refractivity contribution in [1.29, 1.82) is 0 Å². The highest BCUT2D eigenvalue weighted by atomic mass is 32.2. The lowest BCUT2D eigenvalue weighted by Crippen LogP contribution is -2.21. The van der Waals surface area contributed by atoms with Crippen LogP contribution in [0.5, 0.6) is 0 Å². The van der Waals surface area contributed by atoms with Crippen LogP contribution in [0.1, 0.15) is 0 Å². The lowest BCUT2D eigenvalue weighted by Gasteiger charge is -1.93. The molecule has 1 saturated heterocycles.